The van der Waals surface area contributed by atoms with Gasteiger partial charge in [-0.3, -0.25) is 9.59 Å². The van der Waals surface area contributed by atoms with Crippen molar-refractivity contribution in [3.63, 3.8) is 0 Å². The first-order valence-corrected chi connectivity index (χ1v) is 10.1. The smallest absolute Gasteiger partial charge is 0.306 e. The van der Waals surface area contributed by atoms with Gasteiger partial charge in [0.15, 0.2) is 6.61 Å². The topological polar surface area (TPSA) is 55.4 Å². The van der Waals surface area contributed by atoms with Crippen molar-refractivity contribution in [1.29, 1.82) is 0 Å². The number of ether oxygens (including phenoxy) is 1. The molecule has 1 N–H and O–H groups in total. The monoisotopic (exact) mass is 345 g/mol. The molecule has 1 amide bonds. The van der Waals surface area contributed by atoms with E-state index < -0.39 is 0 Å². The Balaban J connectivity index is 1.25. The van der Waals surface area contributed by atoms with Crippen molar-refractivity contribution in [2.24, 2.45) is 29.1 Å². The Morgan fingerprint density at radius 2 is 1.80 bits per heavy atom. The highest BCUT2D eigenvalue weighted by Gasteiger charge is 2.53. The maximum atomic E-state index is 12.3. The fourth-order valence-electron chi connectivity index (χ4n) is 6.43. The highest BCUT2D eigenvalue weighted by Crippen LogP contribution is 2.61. The van der Waals surface area contributed by atoms with Gasteiger partial charge in [0.25, 0.3) is 5.91 Å². The van der Waals surface area contributed by atoms with Crippen LogP contribution in [0.15, 0.2) is 12.2 Å². The van der Waals surface area contributed by atoms with Crippen molar-refractivity contribution in [3.8, 4) is 0 Å². The number of nitrogens with one attached hydrogen (secondary N) is 1. The van der Waals surface area contributed by atoms with E-state index in [0.717, 1.165) is 30.6 Å². The van der Waals surface area contributed by atoms with E-state index in [1.54, 1.807) is 0 Å². The molecular weight excluding hydrogens is 314 g/mol. The lowest BCUT2D eigenvalue weighted by molar-refractivity contribution is -0.150. The van der Waals surface area contributed by atoms with Gasteiger partial charge in [0.1, 0.15) is 0 Å². The van der Waals surface area contributed by atoms with E-state index in [4.69, 9.17) is 4.74 Å². The van der Waals surface area contributed by atoms with Crippen molar-refractivity contribution in [3.05, 3.63) is 12.2 Å². The van der Waals surface area contributed by atoms with Gasteiger partial charge in [-0.05, 0) is 87.4 Å². The van der Waals surface area contributed by atoms with E-state index in [2.05, 4.69) is 24.4 Å². The van der Waals surface area contributed by atoms with Crippen LogP contribution in [-0.2, 0) is 14.3 Å². The highest BCUT2D eigenvalue weighted by molar-refractivity contribution is 5.80. The van der Waals surface area contributed by atoms with Crippen LogP contribution in [0.25, 0.3) is 0 Å². The maximum Gasteiger partial charge on any atom is 0.306 e. The molecule has 2 atom stereocenters. The largest absolute Gasteiger partial charge is 0.456 e. The van der Waals surface area contributed by atoms with E-state index in [-0.39, 0.29) is 24.5 Å². The Hall–Kier alpha value is -1.32. The minimum absolute atomic E-state index is 0.133. The zero-order valence-electron chi connectivity index (χ0n) is 15.3. The molecule has 0 aromatic rings. The Morgan fingerprint density at radius 3 is 2.36 bits per heavy atom. The Labute approximate surface area is 150 Å². The van der Waals surface area contributed by atoms with Crippen LogP contribution in [0.1, 0.15) is 64.7 Å². The molecule has 4 saturated carbocycles. The summed E-state index contributed by atoms with van der Waals surface area (Å²) in [4.78, 5) is 24.2. The van der Waals surface area contributed by atoms with Gasteiger partial charge in [0.05, 0.1) is 6.42 Å². The van der Waals surface area contributed by atoms with Crippen LogP contribution in [0, 0.1) is 29.1 Å². The lowest BCUT2D eigenvalue weighted by Gasteiger charge is -2.59. The molecule has 0 spiro atoms. The molecule has 138 valence electrons. The Kier molecular flexibility index (Phi) is 4.63. The summed E-state index contributed by atoms with van der Waals surface area (Å²) in [5.74, 6) is 2.53. The molecule has 4 bridgehead atoms. The molecule has 0 heterocycles. The summed E-state index contributed by atoms with van der Waals surface area (Å²) in [5.41, 5.74) is 0.295. The third kappa shape index (κ3) is 3.63. The lowest BCUT2D eigenvalue weighted by atomic mass is 9.48. The second kappa shape index (κ2) is 6.77. The van der Waals surface area contributed by atoms with E-state index in [9.17, 15) is 9.59 Å². The molecule has 0 unspecified atom stereocenters. The molecular formula is C21H31NO3. The van der Waals surface area contributed by atoms with Crippen LogP contribution < -0.4 is 5.32 Å². The molecule has 4 nitrogen and oxygen atoms in total. The average molecular weight is 345 g/mol. The normalized spacial score (nSPS) is 39.4. The zero-order valence-corrected chi connectivity index (χ0v) is 15.3. The van der Waals surface area contributed by atoms with Crippen LogP contribution >= 0.6 is 0 Å². The van der Waals surface area contributed by atoms with E-state index in [1.807, 2.05) is 0 Å². The number of allylic oxidation sites excluding steroid dienone is 2. The summed E-state index contributed by atoms with van der Waals surface area (Å²) in [6.45, 7) is 2.03. The minimum atomic E-state index is -0.255. The van der Waals surface area contributed by atoms with Gasteiger partial charge in [-0.2, -0.15) is 0 Å². The van der Waals surface area contributed by atoms with Crippen molar-refractivity contribution in [2.75, 3.05) is 6.61 Å². The summed E-state index contributed by atoms with van der Waals surface area (Å²) in [5, 5.41) is 3.16. The molecule has 4 heteroatoms. The van der Waals surface area contributed by atoms with E-state index >= 15 is 0 Å². The van der Waals surface area contributed by atoms with Crippen LogP contribution in [0.3, 0.4) is 0 Å². The van der Waals surface area contributed by atoms with Crippen molar-refractivity contribution in [1.82, 2.24) is 5.32 Å². The molecule has 5 rings (SSSR count). The van der Waals surface area contributed by atoms with Crippen LogP contribution in [0.5, 0.6) is 0 Å². The molecule has 0 radical (unpaired) electrons. The SMILES string of the molecule is C[C@H](NC(=O)COC(=O)C[C@@H]1C=CCC1)C12CC3CC(CC(C3)C1)C2. The fraction of sp³-hybridized carbons (Fsp3) is 0.810. The molecule has 0 aromatic carbocycles. The maximum absolute atomic E-state index is 12.3. The van der Waals surface area contributed by atoms with E-state index in [0.29, 0.717) is 17.8 Å². The number of hydrogen-bond acceptors (Lipinski definition) is 3. The number of amides is 1. The number of carbonyl (C=O) groups excluding carboxylic acids is 2. The molecule has 0 aliphatic heterocycles. The summed E-state index contributed by atoms with van der Waals surface area (Å²) in [6.07, 6.45) is 14.7. The highest BCUT2D eigenvalue weighted by atomic mass is 16.5. The van der Waals surface area contributed by atoms with Gasteiger partial charge >= 0.3 is 5.97 Å². The predicted octanol–water partition coefficient (Wildman–Crippen LogP) is 3.61. The molecule has 5 aliphatic rings. The zero-order chi connectivity index (χ0) is 17.4. The summed E-state index contributed by atoms with van der Waals surface area (Å²) in [6, 6.07) is 0.185. The average Bonchev–Trinajstić information content (AvgIpc) is 3.04. The molecule has 0 aromatic heterocycles. The molecule has 5 aliphatic carbocycles. The first kappa shape index (κ1) is 17.1. The molecule has 0 saturated heterocycles. The Morgan fingerprint density at radius 1 is 1.16 bits per heavy atom. The fourth-order valence-corrected chi connectivity index (χ4v) is 6.43. The first-order chi connectivity index (χ1) is 12.0. The quantitative estimate of drug-likeness (QED) is 0.591. The van der Waals surface area contributed by atoms with Gasteiger partial charge in [-0.25, -0.2) is 0 Å². The standard InChI is InChI=1S/C21H31NO3/c1-14(21-10-16-6-17(11-21)8-18(7-16)12-21)22-19(23)13-25-20(24)9-15-4-2-3-5-15/h2,4,14-18H,3,5-13H2,1H3,(H,22,23)/t14-,15+,16?,17?,18?,21?/m0/s1. The van der Waals surface area contributed by atoms with Crippen molar-refractivity contribution in [2.45, 2.75) is 70.8 Å². The van der Waals surface area contributed by atoms with E-state index in [1.165, 1.54) is 38.5 Å². The van der Waals surface area contributed by atoms with Crippen LogP contribution in [0.2, 0.25) is 0 Å². The van der Waals surface area contributed by atoms with Gasteiger partial charge < -0.3 is 10.1 Å². The molecule has 25 heavy (non-hydrogen) atoms. The van der Waals surface area contributed by atoms with Gasteiger partial charge in [0.2, 0.25) is 0 Å². The number of rotatable bonds is 6. The minimum Gasteiger partial charge on any atom is -0.456 e. The third-order valence-electron chi connectivity index (χ3n) is 7.29. The number of esters is 1. The van der Waals surface area contributed by atoms with Crippen LogP contribution in [0.4, 0.5) is 0 Å². The predicted molar refractivity (Wildman–Crippen MR) is 95.6 cm³/mol. The number of carbonyl (C=O) groups is 2. The summed E-state index contributed by atoms with van der Waals surface area (Å²) >= 11 is 0. The molecule has 4 fully saturated rings. The van der Waals surface area contributed by atoms with Crippen molar-refractivity contribution < 1.29 is 14.3 Å². The lowest BCUT2D eigenvalue weighted by Crippen LogP contribution is -2.56. The summed E-state index contributed by atoms with van der Waals surface area (Å²) < 4.78 is 5.20. The van der Waals surface area contributed by atoms with Gasteiger partial charge in [-0.1, -0.05) is 12.2 Å². The van der Waals surface area contributed by atoms with Crippen LogP contribution in [-0.4, -0.2) is 24.5 Å². The van der Waals surface area contributed by atoms with Gasteiger partial charge in [-0.15, -0.1) is 0 Å². The first-order valence-electron chi connectivity index (χ1n) is 10.1. The summed E-state index contributed by atoms with van der Waals surface area (Å²) in [7, 11) is 0. The third-order valence-corrected chi connectivity index (χ3v) is 7.29. The second-order valence-corrected chi connectivity index (χ2v) is 9.20. The van der Waals surface area contributed by atoms with Gasteiger partial charge in [0, 0.05) is 6.04 Å². The number of hydrogen-bond donors (Lipinski definition) is 1. The second-order valence-electron chi connectivity index (χ2n) is 9.20. The van der Waals surface area contributed by atoms with Crippen molar-refractivity contribution >= 4 is 11.9 Å². The Bertz CT molecular complexity index is 532.